The van der Waals surface area contributed by atoms with Gasteiger partial charge >= 0.3 is 0 Å². The minimum absolute atomic E-state index is 0. The van der Waals surface area contributed by atoms with Gasteiger partial charge in [-0.1, -0.05) is 102 Å². The second kappa shape index (κ2) is 14.8. The third-order valence-electron chi connectivity index (χ3n) is 7.72. The molecule has 0 amide bonds. The van der Waals surface area contributed by atoms with E-state index in [-0.39, 0.29) is 20.1 Å². The summed E-state index contributed by atoms with van der Waals surface area (Å²) in [5, 5.41) is 2.22. The van der Waals surface area contributed by atoms with Gasteiger partial charge in [0.25, 0.3) is 0 Å². The molecule has 3 aromatic heterocycles. The number of pyridine rings is 2. The third-order valence-corrected chi connectivity index (χ3v) is 7.72. The van der Waals surface area contributed by atoms with E-state index in [2.05, 4.69) is 107 Å². The molecule has 0 aliphatic rings. The molecule has 225 valence electrons. The monoisotopic (exact) mass is 771 g/mol. The van der Waals surface area contributed by atoms with Crippen molar-refractivity contribution in [3.05, 3.63) is 192 Å². The first-order chi connectivity index (χ1) is 22.3. The maximum Gasteiger partial charge on any atom is 0.120 e. The van der Waals surface area contributed by atoms with Crippen LogP contribution in [-0.2, 0) is 32.9 Å². The Hall–Kier alpha value is -5.15. The molecule has 8 aromatic rings. The third kappa shape index (κ3) is 7.38. The minimum Gasteiger partial charge on any atom is -0.500 e. The predicted molar refractivity (Wildman–Crippen MR) is 183 cm³/mol. The maximum absolute atomic E-state index is 5.89. The molecule has 3 heterocycles. The first-order valence-electron chi connectivity index (χ1n) is 15.1. The molecule has 46 heavy (non-hydrogen) atoms. The van der Waals surface area contributed by atoms with Gasteiger partial charge < -0.3 is 14.4 Å². The van der Waals surface area contributed by atoms with E-state index < -0.39 is 0 Å². The second-order valence-corrected chi connectivity index (χ2v) is 10.9. The summed E-state index contributed by atoms with van der Waals surface area (Å²) < 4.78 is 5.89. The van der Waals surface area contributed by atoms with E-state index in [9.17, 15) is 0 Å². The van der Waals surface area contributed by atoms with Crippen LogP contribution in [0.2, 0.25) is 0 Å². The van der Waals surface area contributed by atoms with Crippen molar-refractivity contribution in [1.82, 2.24) is 9.97 Å². The first-order valence-corrected chi connectivity index (χ1v) is 15.1. The van der Waals surface area contributed by atoms with E-state index in [1.807, 2.05) is 73.1 Å². The van der Waals surface area contributed by atoms with Crippen LogP contribution in [0.4, 0.5) is 0 Å². The van der Waals surface area contributed by atoms with Crippen molar-refractivity contribution in [2.24, 2.45) is 0 Å². The Morgan fingerprint density at radius 1 is 0.500 bits per heavy atom. The molecule has 0 atom stereocenters. The van der Waals surface area contributed by atoms with Crippen LogP contribution in [0.15, 0.2) is 162 Å². The SMILES string of the molecule is [Ir].[c-]1cc2oc3ccccc3c2cc1-c1cc(Cc2ccccc2)ccn1.[c-]1ccccc1-c1ccc(Cc2ccccc2)cn1. The van der Waals surface area contributed by atoms with Crippen molar-refractivity contribution in [2.45, 2.75) is 12.8 Å². The predicted octanol–water partition coefficient (Wildman–Crippen LogP) is 10.2. The number of para-hydroxylation sites is 1. The Balaban J connectivity index is 0.000000166. The first kappa shape index (κ1) is 30.9. The molecule has 8 rings (SSSR count). The van der Waals surface area contributed by atoms with Crippen molar-refractivity contribution in [2.75, 3.05) is 0 Å². The summed E-state index contributed by atoms with van der Waals surface area (Å²) >= 11 is 0. The molecule has 3 nitrogen and oxygen atoms in total. The Labute approximate surface area is 283 Å². The smallest absolute Gasteiger partial charge is 0.120 e. The van der Waals surface area contributed by atoms with E-state index in [1.54, 1.807) is 0 Å². The number of furan rings is 1. The van der Waals surface area contributed by atoms with Crippen molar-refractivity contribution in [3.8, 4) is 22.5 Å². The van der Waals surface area contributed by atoms with Gasteiger partial charge in [-0.15, -0.1) is 59.7 Å². The standard InChI is InChI=1S/C24H16NO.C18H14N.Ir/c1-2-6-17(7-3-1)14-18-12-13-25-22(15-18)19-10-11-24-21(16-19)20-8-4-5-9-23(20)26-24;1-3-7-15(8-4-1)13-16-11-12-18(19-14-16)17-9-5-2-6-10-17;/h1-9,11-13,15-16H,14H2;1-9,11-12,14H,13H2;/q2*-1;. The number of rotatable bonds is 6. The van der Waals surface area contributed by atoms with Gasteiger partial charge in [0.15, 0.2) is 0 Å². The number of nitrogens with zero attached hydrogens (tertiary/aromatic N) is 2. The molecular formula is C42H30IrN2O-2. The molecule has 0 N–H and O–H groups in total. The van der Waals surface area contributed by atoms with Crippen molar-refractivity contribution in [1.29, 1.82) is 0 Å². The van der Waals surface area contributed by atoms with Gasteiger partial charge in [0.2, 0.25) is 0 Å². The van der Waals surface area contributed by atoms with Gasteiger partial charge in [0.05, 0.1) is 5.58 Å². The fraction of sp³-hybridized carbons (Fsp3) is 0.0476. The minimum atomic E-state index is 0. The summed E-state index contributed by atoms with van der Waals surface area (Å²) in [6.07, 6.45) is 5.64. The van der Waals surface area contributed by atoms with Crippen LogP contribution in [0.1, 0.15) is 22.3 Å². The molecule has 5 aromatic carbocycles. The topological polar surface area (TPSA) is 38.9 Å². The van der Waals surface area contributed by atoms with Gasteiger partial charge in [-0.2, -0.15) is 0 Å². The van der Waals surface area contributed by atoms with Gasteiger partial charge in [-0.3, -0.25) is 0 Å². The number of hydrogen-bond acceptors (Lipinski definition) is 3. The van der Waals surface area contributed by atoms with Crippen LogP contribution in [-0.4, -0.2) is 9.97 Å². The zero-order valence-electron chi connectivity index (χ0n) is 25.1. The molecule has 4 heteroatoms. The molecule has 0 spiro atoms. The molecule has 0 aliphatic carbocycles. The Morgan fingerprint density at radius 3 is 1.93 bits per heavy atom. The van der Waals surface area contributed by atoms with Crippen LogP contribution in [0.3, 0.4) is 0 Å². The van der Waals surface area contributed by atoms with E-state index in [0.29, 0.717) is 0 Å². The fourth-order valence-electron chi connectivity index (χ4n) is 5.45. The van der Waals surface area contributed by atoms with Crippen LogP contribution in [0.5, 0.6) is 0 Å². The molecule has 0 aliphatic heterocycles. The normalized spacial score (nSPS) is 10.6. The number of aromatic nitrogens is 2. The van der Waals surface area contributed by atoms with E-state index in [1.165, 1.54) is 22.3 Å². The van der Waals surface area contributed by atoms with E-state index >= 15 is 0 Å². The van der Waals surface area contributed by atoms with Gasteiger partial charge in [-0.25, -0.2) is 0 Å². The summed E-state index contributed by atoms with van der Waals surface area (Å²) in [5.74, 6) is 0. The summed E-state index contributed by atoms with van der Waals surface area (Å²) in [7, 11) is 0. The van der Waals surface area contributed by atoms with Crippen molar-refractivity contribution < 1.29 is 24.5 Å². The Kier molecular flexibility index (Phi) is 9.90. The van der Waals surface area contributed by atoms with Crippen LogP contribution in [0.25, 0.3) is 44.5 Å². The summed E-state index contributed by atoms with van der Waals surface area (Å²) in [6, 6.07) is 55.9. The zero-order chi connectivity index (χ0) is 30.3. The molecule has 0 saturated heterocycles. The Bertz CT molecular complexity index is 2140. The van der Waals surface area contributed by atoms with Crippen LogP contribution < -0.4 is 0 Å². The fourth-order valence-corrected chi connectivity index (χ4v) is 5.45. The molecule has 0 saturated carbocycles. The van der Waals surface area contributed by atoms with E-state index in [0.717, 1.165) is 57.3 Å². The number of fused-ring (bicyclic) bond motifs is 3. The largest absolute Gasteiger partial charge is 0.500 e. The average Bonchev–Trinajstić information content (AvgIpc) is 3.48. The summed E-state index contributed by atoms with van der Waals surface area (Å²) in [4.78, 5) is 9.07. The number of benzene rings is 5. The molecule has 0 bridgehead atoms. The molecular weight excluding hydrogens is 741 g/mol. The summed E-state index contributed by atoms with van der Waals surface area (Å²) in [6.45, 7) is 0. The zero-order valence-corrected chi connectivity index (χ0v) is 27.5. The maximum atomic E-state index is 5.89. The summed E-state index contributed by atoms with van der Waals surface area (Å²) in [5.41, 5.74) is 10.8. The van der Waals surface area contributed by atoms with Crippen LogP contribution in [0, 0.1) is 12.1 Å². The van der Waals surface area contributed by atoms with E-state index in [4.69, 9.17) is 4.42 Å². The molecule has 0 fully saturated rings. The molecule has 0 unspecified atom stereocenters. The van der Waals surface area contributed by atoms with Crippen molar-refractivity contribution >= 4 is 21.9 Å². The molecule has 1 radical (unpaired) electrons. The van der Waals surface area contributed by atoms with Gasteiger partial charge in [-0.05, 0) is 58.6 Å². The van der Waals surface area contributed by atoms with Gasteiger partial charge in [0, 0.05) is 37.9 Å². The average molecular weight is 771 g/mol. The quantitative estimate of drug-likeness (QED) is 0.158. The van der Waals surface area contributed by atoms with Gasteiger partial charge in [0.1, 0.15) is 5.58 Å². The second-order valence-electron chi connectivity index (χ2n) is 10.9. The van der Waals surface area contributed by atoms with Crippen molar-refractivity contribution in [3.63, 3.8) is 0 Å². The van der Waals surface area contributed by atoms with Crippen LogP contribution >= 0.6 is 0 Å². The Morgan fingerprint density at radius 2 is 1.22 bits per heavy atom. The number of hydrogen-bond donors (Lipinski definition) is 0.